The van der Waals surface area contributed by atoms with Gasteiger partial charge in [0, 0.05) is 18.4 Å². The lowest BCUT2D eigenvalue weighted by atomic mass is 10.1. The van der Waals surface area contributed by atoms with Crippen LogP contribution in [0.2, 0.25) is 18.1 Å². The predicted octanol–water partition coefficient (Wildman–Crippen LogP) is 5.67. The fraction of sp³-hybridized carbons (Fsp3) is 0.517. The molecular weight excluding hydrogens is 544 g/mol. The lowest BCUT2D eigenvalue weighted by Gasteiger charge is -2.48. The molecule has 0 aliphatic rings. The van der Waals surface area contributed by atoms with E-state index in [2.05, 4.69) is 39.0 Å². The van der Waals surface area contributed by atoms with Crippen LogP contribution in [-0.4, -0.2) is 79.2 Å². The average Bonchev–Trinajstić information content (AvgIpc) is 3.29. The van der Waals surface area contributed by atoms with Crippen LogP contribution < -0.4 is 4.90 Å². The van der Waals surface area contributed by atoms with Crippen LogP contribution in [0.25, 0.3) is 16.8 Å². The molecular formula is C29H42N4O7Si-. The van der Waals surface area contributed by atoms with Crippen molar-refractivity contribution >= 4 is 31.8 Å². The van der Waals surface area contributed by atoms with Gasteiger partial charge >= 0.3 is 12.1 Å². The second-order valence-corrected chi connectivity index (χ2v) is 17.0. The van der Waals surface area contributed by atoms with Crippen molar-refractivity contribution in [1.29, 1.82) is 0 Å². The predicted molar refractivity (Wildman–Crippen MR) is 159 cm³/mol. The minimum absolute atomic E-state index is 0.0483. The zero-order valence-electron chi connectivity index (χ0n) is 25.5. The Labute approximate surface area is 242 Å². The van der Waals surface area contributed by atoms with Gasteiger partial charge in [0.05, 0.1) is 33.1 Å². The molecule has 0 fully saturated rings. The topological polar surface area (TPSA) is 125 Å². The molecule has 0 atom stereocenters. The molecule has 11 nitrogen and oxygen atoms in total. The van der Waals surface area contributed by atoms with Gasteiger partial charge < -0.3 is 23.7 Å². The number of anilines is 1. The first kappa shape index (κ1) is 32.0. The number of carbonyl (C=O) groups is 2. The summed E-state index contributed by atoms with van der Waals surface area (Å²) in [5.41, 5.74) is 0.973. The number of aromatic nitrogens is 3. The summed E-state index contributed by atoms with van der Waals surface area (Å²) in [4.78, 5) is 31.2. The van der Waals surface area contributed by atoms with E-state index < -0.39 is 26.0 Å². The normalized spacial score (nSPS) is 12.4. The molecule has 0 spiro atoms. The van der Waals surface area contributed by atoms with E-state index in [4.69, 9.17) is 23.6 Å². The molecule has 2 aromatic heterocycles. The van der Waals surface area contributed by atoms with Crippen LogP contribution in [0.15, 0.2) is 36.7 Å². The van der Waals surface area contributed by atoms with E-state index in [9.17, 15) is 14.7 Å². The Bertz CT molecular complexity index is 1380. The highest BCUT2D eigenvalue weighted by Crippen LogP contribution is 2.36. The highest BCUT2D eigenvalue weighted by atomic mass is 28.4. The molecule has 12 heteroatoms. The van der Waals surface area contributed by atoms with E-state index in [-0.39, 0.29) is 29.5 Å². The average molecular weight is 587 g/mol. The lowest BCUT2D eigenvalue weighted by molar-refractivity contribution is 0.0547. The van der Waals surface area contributed by atoms with Crippen LogP contribution in [-0.2, 0) is 18.6 Å². The maximum Gasteiger partial charge on any atom is 0.416 e. The summed E-state index contributed by atoms with van der Waals surface area (Å²) >= 11 is 0. The number of methoxy groups -OCH3 is 1. The molecule has 41 heavy (non-hydrogen) atoms. The standard InChI is InChI=1S/C29H42N4O7Si/c1-28(2,3)40-27(36)32(14-15-38-16-17-39-41(8,9)29(4,5)6)24-12-13-33-25(31-24)22(19-30-33)20-10-11-21(23(34)18-20)26(35)37-7/h10-13,18-19,34H,14-17H2,1-9H3/q-1. The van der Waals surface area contributed by atoms with Crippen molar-refractivity contribution < 1.29 is 33.3 Å². The van der Waals surface area contributed by atoms with Crippen molar-refractivity contribution in [2.24, 2.45) is 0 Å². The summed E-state index contributed by atoms with van der Waals surface area (Å²) in [6.45, 7) is 17.7. The first-order valence-electron chi connectivity index (χ1n) is 13.5. The fourth-order valence-electron chi connectivity index (χ4n) is 3.64. The zero-order valence-corrected chi connectivity index (χ0v) is 26.5. The van der Waals surface area contributed by atoms with E-state index in [1.807, 2.05) is 0 Å². The summed E-state index contributed by atoms with van der Waals surface area (Å²) in [5, 5.41) is 14.8. The van der Waals surface area contributed by atoms with E-state index in [0.29, 0.717) is 35.8 Å². The number of phenols is 1. The van der Waals surface area contributed by atoms with Gasteiger partial charge in [-0.3, -0.25) is 4.90 Å². The number of fused-ring (bicyclic) bond motifs is 1. The molecule has 0 saturated heterocycles. The highest BCUT2D eigenvalue weighted by molar-refractivity contribution is 6.74. The smallest absolute Gasteiger partial charge is 0.416 e. The molecule has 0 aliphatic carbocycles. The second-order valence-electron chi connectivity index (χ2n) is 12.2. The number of benzene rings is 1. The molecule has 225 valence electrons. The Kier molecular flexibility index (Phi) is 9.83. The molecule has 0 radical (unpaired) electrons. The molecule has 0 aliphatic heterocycles. The first-order valence-corrected chi connectivity index (χ1v) is 16.4. The number of phenolic OH excluding ortho intramolecular Hbond substituents is 1. The first-order chi connectivity index (χ1) is 19.0. The molecule has 1 aromatic carbocycles. The number of ether oxygens (including phenoxy) is 3. The summed E-state index contributed by atoms with van der Waals surface area (Å²) < 4.78 is 23.9. The van der Waals surface area contributed by atoms with Gasteiger partial charge in [-0.1, -0.05) is 26.8 Å². The third-order valence-electron chi connectivity index (χ3n) is 6.91. The van der Waals surface area contributed by atoms with Crippen LogP contribution in [0, 0.1) is 0 Å². The molecule has 0 bridgehead atoms. The van der Waals surface area contributed by atoms with Crippen molar-refractivity contribution in [2.45, 2.75) is 65.3 Å². The van der Waals surface area contributed by atoms with Crippen molar-refractivity contribution in [2.75, 3.05) is 38.4 Å². The minimum atomic E-state index is -1.87. The number of hydrogen-bond acceptors (Lipinski definition) is 9. The Morgan fingerprint density at radius 3 is 2.37 bits per heavy atom. The molecule has 1 amide bonds. The summed E-state index contributed by atoms with van der Waals surface area (Å²) in [5.74, 6) is -0.518. The van der Waals surface area contributed by atoms with Crippen LogP contribution in [0.3, 0.4) is 0 Å². The van der Waals surface area contributed by atoms with Gasteiger partial charge in [0.25, 0.3) is 0 Å². The Morgan fingerprint density at radius 2 is 1.76 bits per heavy atom. The van der Waals surface area contributed by atoms with Gasteiger partial charge in [0.15, 0.2) is 5.65 Å². The summed E-state index contributed by atoms with van der Waals surface area (Å²) in [6, 6.07) is 6.26. The maximum atomic E-state index is 13.2. The number of rotatable bonds is 10. The monoisotopic (exact) mass is 586 g/mol. The van der Waals surface area contributed by atoms with E-state index in [1.54, 1.807) is 49.8 Å². The van der Waals surface area contributed by atoms with Crippen molar-refractivity contribution in [1.82, 2.24) is 14.6 Å². The van der Waals surface area contributed by atoms with E-state index in [0.717, 1.165) is 0 Å². The molecule has 2 heterocycles. The number of hydrogen-bond donors (Lipinski definition) is 1. The molecule has 1 N–H and O–H groups in total. The van der Waals surface area contributed by atoms with Gasteiger partial charge in [0.1, 0.15) is 22.7 Å². The second kappa shape index (κ2) is 12.6. The molecule has 3 aromatic rings. The third-order valence-corrected chi connectivity index (χ3v) is 11.5. The van der Waals surface area contributed by atoms with Gasteiger partial charge in [-0.25, -0.2) is 19.1 Å². The Balaban J connectivity index is 1.82. The maximum absolute atomic E-state index is 13.2. The minimum Gasteiger partial charge on any atom is -0.563 e. The lowest BCUT2D eigenvalue weighted by Crippen LogP contribution is -2.42. The Hall–Kier alpha value is -3.48. The van der Waals surface area contributed by atoms with Gasteiger partial charge in [0.2, 0.25) is 0 Å². The SMILES string of the molecule is COC(=O)c1ccc(-c2cnn3ccc(N(CCOCCO[Si-](C)(C)C(C)(C)C)C(=O)OC(C)(C)C)nc23)cc1O. The highest BCUT2D eigenvalue weighted by Gasteiger charge is 2.26. The van der Waals surface area contributed by atoms with Gasteiger partial charge in [-0.05, 0) is 52.9 Å². The molecule has 3 rings (SSSR count). The number of nitrogens with zero attached hydrogens (tertiary/aromatic N) is 4. The van der Waals surface area contributed by atoms with E-state index in [1.165, 1.54) is 24.1 Å². The van der Waals surface area contributed by atoms with Gasteiger partial charge in [-0.2, -0.15) is 5.10 Å². The zero-order chi connectivity index (χ0) is 30.6. The van der Waals surface area contributed by atoms with E-state index >= 15 is 0 Å². The molecule has 0 unspecified atom stereocenters. The van der Waals surface area contributed by atoms with Crippen LogP contribution in [0.1, 0.15) is 51.9 Å². The van der Waals surface area contributed by atoms with Crippen molar-refractivity contribution in [3.63, 3.8) is 0 Å². The Morgan fingerprint density at radius 1 is 1.05 bits per heavy atom. The third kappa shape index (κ3) is 8.05. The van der Waals surface area contributed by atoms with Crippen LogP contribution in [0.5, 0.6) is 5.75 Å². The molecule has 0 saturated carbocycles. The van der Waals surface area contributed by atoms with Crippen molar-refractivity contribution in [3.8, 4) is 16.9 Å². The summed E-state index contributed by atoms with van der Waals surface area (Å²) in [7, 11) is -0.626. The largest absolute Gasteiger partial charge is 0.563 e. The van der Waals surface area contributed by atoms with Gasteiger partial charge in [-0.15, -0.1) is 18.1 Å². The van der Waals surface area contributed by atoms with Crippen molar-refractivity contribution in [3.05, 3.63) is 42.2 Å². The van der Waals surface area contributed by atoms with Crippen LogP contribution >= 0.6 is 0 Å². The number of carbonyl (C=O) groups excluding carboxylic acids is 2. The summed E-state index contributed by atoms with van der Waals surface area (Å²) in [6.07, 6.45) is 2.73. The number of aromatic hydroxyl groups is 1. The van der Waals surface area contributed by atoms with Crippen LogP contribution in [0.4, 0.5) is 10.6 Å². The number of amides is 1. The quantitative estimate of drug-likeness (QED) is 0.182. The fourth-order valence-corrected chi connectivity index (χ4v) is 4.67. The number of esters is 1.